The molecule has 1 aliphatic heterocycles. The van der Waals surface area contributed by atoms with Gasteiger partial charge in [0, 0.05) is 18.2 Å². The third kappa shape index (κ3) is 5.41. The molecule has 186 valence electrons. The molecule has 2 amide bonds. The normalized spacial score (nSPS) is 32.0. The lowest BCUT2D eigenvalue weighted by Gasteiger charge is -2.52. The number of aliphatic hydroxyl groups is 1. The number of hydrogen-bond acceptors (Lipinski definition) is 3. The number of carbonyl (C=O) groups is 2. The summed E-state index contributed by atoms with van der Waals surface area (Å²) in [6.07, 6.45) is 6.74. The van der Waals surface area contributed by atoms with Crippen LogP contribution in [0, 0.1) is 17.8 Å². The van der Waals surface area contributed by atoms with E-state index in [1.807, 2.05) is 4.90 Å². The van der Waals surface area contributed by atoms with Crippen molar-refractivity contribution in [3.05, 3.63) is 11.1 Å². The van der Waals surface area contributed by atoms with Crippen LogP contribution in [0.1, 0.15) is 83.5 Å². The first-order valence-corrected chi connectivity index (χ1v) is 12.8. The largest absolute Gasteiger partial charge is 0.405 e. The number of alkyl halides is 3. The van der Waals surface area contributed by atoms with Gasteiger partial charge in [-0.2, -0.15) is 13.2 Å². The number of nitrogens with one attached hydrogen (secondary N) is 1. The fourth-order valence-electron chi connectivity index (χ4n) is 6.76. The van der Waals surface area contributed by atoms with Crippen molar-refractivity contribution in [3.63, 3.8) is 0 Å². The van der Waals surface area contributed by atoms with E-state index in [1.54, 1.807) is 0 Å². The Morgan fingerprint density at radius 3 is 2.27 bits per heavy atom. The summed E-state index contributed by atoms with van der Waals surface area (Å²) in [5.41, 5.74) is 1.49. The van der Waals surface area contributed by atoms with Gasteiger partial charge in [0.2, 0.25) is 11.8 Å². The molecule has 0 radical (unpaired) electrons. The molecule has 0 aromatic carbocycles. The maximum absolute atomic E-state index is 13.8. The van der Waals surface area contributed by atoms with Crippen LogP contribution in [-0.4, -0.2) is 53.2 Å². The lowest BCUT2D eigenvalue weighted by molar-refractivity contribution is -0.148. The minimum atomic E-state index is -4.47. The van der Waals surface area contributed by atoms with Crippen molar-refractivity contribution in [2.75, 3.05) is 13.2 Å². The van der Waals surface area contributed by atoms with E-state index in [0.717, 1.165) is 76.2 Å². The van der Waals surface area contributed by atoms with Gasteiger partial charge >= 0.3 is 6.18 Å². The summed E-state index contributed by atoms with van der Waals surface area (Å²) in [4.78, 5) is 29.2. The second kappa shape index (κ2) is 10.4. The second-order valence-corrected chi connectivity index (χ2v) is 10.5. The topological polar surface area (TPSA) is 69.6 Å². The molecule has 8 heteroatoms. The number of rotatable bonds is 5. The van der Waals surface area contributed by atoms with Gasteiger partial charge in [0.15, 0.2) is 0 Å². The van der Waals surface area contributed by atoms with E-state index in [2.05, 4.69) is 5.32 Å². The maximum Gasteiger partial charge on any atom is 0.405 e. The zero-order valence-corrected chi connectivity index (χ0v) is 19.3. The molecule has 0 spiro atoms. The van der Waals surface area contributed by atoms with Gasteiger partial charge in [-0.15, -0.1) is 0 Å². The van der Waals surface area contributed by atoms with Crippen molar-refractivity contribution >= 4 is 11.8 Å². The Labute approximate surface area is 194 Å². The van der Waals surface area contributed by atoms with Gasteiger partial charge in [-0.3, -0.25) is 9.59 Å². The van der Waals surface area contributed by atoms with Crippen LogP contribution in [-0.2, 0) is 9.59 Å². The predicted molar refractivity (Wildman–Crippen MR) is 118 cm³/mol. The van der Waals surface area contributed by atoms with E-state index < -0.39 is 24.5 Å². The van der Waals surface area contributed by atoms with Crippen molar-refractivity contribution in [1.82, 2.24) is 10.2 Å². The molecular weight excluding hydrogens is 433 g/mol. The molecule has 2 fully saturated rings. The van der Waals surface area contributed by atoms with Crippen LogP contribution in [0.3, 0.4) is 0 Å². The fourth-order valence-corrected chi connectivity index (χ4v) is 6.76. The third-order valence-corrected chi connectivity index (χ3v) is 8.39. The van der Waals surface area contributed by atoms with Crippen molar-refractivity contribution in [3.8, 4) is 0 Å². The summed E-state index contributed by atoms with van der Waals surface area (Å²) in [6.45, 7) is -1.21. The number of hydrogen-bond donors (Lipinski definition) is 2. The molecule has 0 saturated heterocycles. The second-order valence-electron chi connectivity index (χ2n) is 10.5. The average molecular weight is 471 g/mol. The SMILES string of the molecule is O=C(NCC(F)(F)F)[C@@H]1C2=C(CCCC2)C(=O)N(C2CCCCC2)[C@H]1C1CCC(CO)CC1. The third-order valence-electron chi connectivity index (χ3n) is 8.39. The van der Waals surface area contributed by atoms with Gasteiger partial charge in [0.05, 0.1) is 12.0 Å². The van der Waals surface area contributed by atoms with Crippen molar-refractivity contribution in [2.24, 2.45) is 17.8 Å². The molecule has 4 aliphatic rings. The highest BCUT2D eigenvalue weighted by Gasteiger charge is 2.50. The summed E-state index contributed by atoms with van der Waals surface area (Å²) < 4.78 is 38.9. The molecule has 4 rings (SSSR count). The number of aliphatic hydroxyl groups excluding tert-OH is 1. The Balaban J connectivity index is 1.71. The number of nitrogens with zero attached hydrogens (tertiary/aromatic N) is 1. The standard InChI is InChI=1S/C25H37F3N2O3/c26-25(27,28)15-29-23(32)21-19-8-4-5-9-20(19)24(33)30(18-6-2-1-3-7-18)22(21)17-12-10-16(14-31)11-13-17/h16-18,21-22,31H,1-15H2,(H,29,32)/t16?,17?,21-,22+/m1/s1. The minimum Gasteiger partial charge on any atom is -0.396 e. The summed E-state index contributed by atoms with van der Waals surface area (Å²) in [6, 6.07) is -0.328. The van der Waals surface area contributed by atoms with E-state index in [4.69, 9.17) is 0 Å². The Morgan fingerprint density at radius 1 is 0.970 bits per heavy atom. The predicted octanol–water partition coefficient (Wildman–Crippen LogP) is 4.49. The van der Waals surface area contributed by atoms with Gasteiger partial charge in [-0.05, 0) is 81.6 Å². The summed E-state index contributed by atoms with van der Waals surface area (Å²) in [5, 5.41) is 11.8. The molecule has 1 heterocycles. The van der Waals surface area contributed by atoms with Crippen LogP contribution >= 0.6 is 0 Å². The Morgan fingerprint density at radius 2 is 1.64 bits per heavy atom. The van der Waals surface area contributed by atoms with E-state index in [1.165, 1.54) is 0 Å². The van der Waals surface area contributed by atoms with Gasteiger partial charge < -0.3 is 15.3 Å². The lowest BCUT2D eigenvalue weighted by atomic mass is 9.67. The summed E-state index contributed by atoms with van der Waals surface area (Å²) in [5.74, 6) is -0.949. The molecule has 0 aromatic rings. The highest BCUT2D eigenvalue weighted by Crippen LogP contribution is 2.46. The molecule has 2 atom stereocenters. The molecule has 2 saturated carbocycles. The van der Waals surface area contributed by atoms with Crippen LogP contribution in [0.2, 0.25) is 0 Å². The van der Waals surface area contributed by atoms with Crippen molar-refractivity contribution < 1.29 is 27.9 Å². The molecular formula is C25H37F3N2O3. The number of carbonyl (C=O) groups excluding carboxylic acids is 2. The Kier molecular flexibility index (Phi) is 7.71. The average Bonchev–Trinajstić information content (AvgIpc) is 2.82. The summed E-state index contributed by atoms with van der Waals surface area (Å²) in [7, 11) is 0. The van der Waals surface area contributed by atoms with Crippen LogP contribution in [0.15, 0.2) is 11.1 Å². The van der Waals surface area contributed by atoms with Gasteiger partial charge in [0.25, 0.3) is 0 Å². The van der Waals surface area contributed by atoms with Crippen LogP contribution in [0.4, 0.5) is 13.2 Å². The maximum atomic E-state index is 13.8. The molecule has 0 aromatic heterocycles. The zero-order chi connectivity index (χ0) is 23.6. The Bertz CT molecular complexity index is 752. The number of halogens is 3. The first-order chi connectivity index (χ1) is 15.8. The van der Waals surface area contributed by atoms with Crippen LogP contribution in [0.5, 0.6) is 0 Å². The monoisotopic (exact) mass is 470 g/mol. The molecule has 3 aliphatic carbocycles. The molecule has 5 nitrogen and oxygen atoms in total. The molecule has 33 heavy (non-hydrogen) atoms. The first kappa shape index (κ1) is 24.6. The van der Waals surface area contributed by atoms with E-state index in [0.29, 0.717) is 18.4 Å². The molecule has 2 N–H and O–H groups in total. The van der Waals surface area contributed by atoms with E-state index in [-0.39, 0.29) is 36.4 Å². The highest BCUT2D eigenvalue weighted by atomic mass is 19.4. The van der Waals surface area contributed by atoms with Gasteiger partial charge in [0.1, 0.15) is 6.54 Å². The van der Waals surface area contributed by atoms with E-state index >= 15 is 0 Å². The van der Waals surface area contributed by atoms with E-state index in [9.17, 15) is 27.9 Å². The van der Waals surface area contributed by atoms with Gasteiger partial charge in [-0.1, -0.05) is 19.3 Å². The smallest absolute Gasteiger partial charge is 0.396 e. The molecule has 0 bridgehead atoms. The lowest BCUT2D eigenvalue weighted by Crippen LogP contribution is -2.61. The van der Waals surface area contributed by atoms with Gasteiger partial charge in [-0.25, -0.2) is 0 Å². The zero-order valence-electron chi connectivity index (χ0n) is 19.3. The minimum absolute atomic E-state index is 0.0331. The quantitative estimate of drug-likeness (QED) is 0.622. The van der Waals surface area contributed by atoms with Crippen molar-refractivity contribution in [1.29, 1.82) is 0 Å². The van der Waals surface area contributed by atoms with Crippen molar-refractivity contribution in [2.45, 2.75) is 102 Å². The highest BCUT2D eigenvalue weighted by molar-refractivity contribution is 5.99. The first-order valence-electron chi connectivity index (χ1n) is 12.8. The van der Waals surface area contributed by atoms with Crippen LogP contribution in [0.25, 0.3) is 0 Å². The number of amides is 2. The van der Waals surface area contributed by atoms with Crippen LogP contribution < -0.4 is 5.32 Å². The fraction of sp³-hybridized carbons (Fsp3) is 0.840. The molecule has 0 unspecified atom stereocenters. The Hall–Kier alpha value is -1.57. The summed E-state index contributed by atoms with van der Waals surface area (Å²) >= 11 is 0.